The third-order valence-corrected chi connectivity index (χ3v) is 8.71. The Kier molecular flexibility index (Phi) is 10.8. The minimum absolute atomic E-state index is 0.121. The summed E-state index contributed by atoms with van der Waals surface area (Å²) in [4.78, 5) is 20.9. The van der Waals surface area contributed by atoms with Crippen LogP contribution in [0.1, 0.15) is 56.3 Å². The molecule has 0 aliphatic heterocycles. The molecule has 3 aromatic carbocycles. The number of benzene rings is 3. The summed E-state index contributed by atoms with van der Waals surface area (Å²) in [5.41, 5.74) is 3.08. The Labute approximate surface area is 277 Å². The second-order valence-corrected chi connectivity index (χ2v) is 12.3. The van der Waals surface area contributed by atoms with Gasteiger partial charge in [0.2, 0.25) is 0 Å². The van der Waals surface area contributed by atoms with Crippen molar-refractivity contribution >= 4 is 39.8 Å². The molecule has 6 rings (SSSR count). The Morgan fingerprint density at radius 2 is 1.87 bits per heavy atom. The number of fused-ring (bicyclic) bond motifs is 1. The molecule has 2 unspecified atom stereocenters. The number of hydrogen-bond acceptors (Lipinski definition) is 8. The number of carbonyl (C=O) groups is 1. The second kappa shape index (κ2) is 15.5. The quantitative estimate of drug-likeness (QED) is 0.101. The van der Waals surface area contributed by atoms with Gasteiger partial charge >= 0.3 is 0 Å². The predicted molar refractivity (Wildman–Crippen MR) is 179 cm³/mol. The molecule has 244 valence electrons. The molecule has 1 saturated carbocycles. The molecule has 8 nitrogen and oxygen atoms in total. The molecule has 2 heterocycles. The van der Waals surface area contributed by atoms with Crippen LogP contribution in [-0.4, -0.2) is 33.6 Å². The third kappa shape index (κ3) is 8.54. The molecule has 0 radical (unpaired) electrons. The summed E-state index contributed by atoms with van der Waals surface area (Å²) in [5, 5.41) is 14.2. The van der Waals surface area contributed by atoms with Crippen molar-refractivity contribution in [2.24, 2.45) is 5.92 Å². The fourth-order valence-electron chi connectivity index (χ4n) is 5.61. The highest BCUT2D eigenvalue weighted by molar-refractivity contribution is 6.32. The van der Waals surface area contributed by atoms with Crippen LogP contribution in [0.2, 0.25) is 5.02 Å². The zero-order valence-electron chi connectivity index (χ0n) is 26.0. The number of aromatic nitrogens is 2. The van der Waals surface area contributed by atoms with Gasteiger partial charge in [0.15, 0.2) is 0 Å². The van der Waals surface area contributed by atoms with Gasteiger partial charge in [-0.3, -0.25) is 4.79 Å². The molecule has 47 heavy (non-hydrogen) atoms. The molecule has 1 fully saturated rings. The van der Waals surface area contributed by atoms with Gasteiger partial charge in [0.25, 0.3) is 0 Å². The van der Waals surface area contributed by atoms with Crippen LogP contribution in [0.4, 0.5) is 15.9 Å². The van der Waals surface area contributed by atoms with Gasteiger partial charge in [0, 0.05) is 35.6 Å². The van der Waals surface area contributed by atoms with E-state index in [0.717, 1.165) is 66.4 Å². The highest BCUT2D eigenvalue weighted by Gasteiger charge is 2.34. The third-order valence-electron chi connectivity index (χ3n) is 8.42. The van der Waals surface area contributed by atoms with Crippen molar-refractivity contribution in [3.8, 4) is 17.1 Å². The number of carbonyl (C=O) groups excluding carboxylic acids is 1. The van der Waals surface area contributed by atoms with E-state index < -0.39 is 6.10 Å². The van der Waals surface area contributed by atoms with Crippen LogP contribution < -0.4 is 10.1 Å². The SMILES string of the molecule is O=C(CCCCCCOCc1ccc(-c2ccc3ncnc(Nc4ccc(OCc5cccc(F)c5)c(Cl)c4)c3c2)o1)C1CCC1O. The van der Waals surface area contributed by atoms with Gasteiger partial charge in [-0.05, 0) is 91.9 Å². The van der Waals surface area contributed by atoms with Crippen molar-refractivity contribution in [3.63, 3.8) is 0 Å². The van der Waals surface area contributed by atoms with Crippen LogP contribution in [0.3, 0.4) is 0 Å². The number of aliphatic hydroxyl groups is 1. The van der Waals surface area contributed by atoms with Gasteiger partial charge in [0.05, 0.1) is 16.6 Å². The van der Waals surface area contributed by atoms with Crippen LogP contribution in [0.25, 0.3) is 22.2 Å². The first-order valence-electron chi connectivity index (χ1n) is 16.0. The molecular formula is C37H37ClFN3O5. The Balaban J connectivity index is 1.00. The molecule has 10 heteroatoms. The number of nitrogens with zero attached hydrogens (tertiary/aromatic N) is 2. The van der Waals surface area contributed by atoms with E-state index >= 15 is 0 Å². The number of unbranched alkanes of at least 4 members (excludes halogenated alkanes) is 3. The summed E-state index contributed by atoms with van der Waals surface area (Å²) < 4.78 is 31.2. The molecule has 0 spiro atoms. The van der Waals surface area contributed by atoms with Gasteiger partial charge in [-0.15, -0.1) is 0 Å². The number of nitrogens with one attached hydrogen (secondary N) is 1. The first kappa shape index (κ1) is 32.6. The summed E-state index contributed by atoms with van der Waals surface area (Å²) in [6.07, 6.45) is 7.01. The molecule has 0 bridgehead atoms. The maximum atomic E-state index is 13.5. The van der Waals surface area contributed by atoms with E-state index in [9.17, 15) is 14.3 Å². The number of rotatable bonds is 16. The molecule has 1 aliphatic rings. The van der Waals surface area contributed by atoms with Gasteiger partial charge in [-0.1, -0.05) is 36.6 Å². The number of ketones is 1. The topological polar surface area (TPSA) is 107 Å². The van der Waals surface area contributed by atoms with E-state index in [1.807, 2.05) is 36.4 Å². The lowest BCUT2D eigenvalue weighted by atomic mass is 9.78. The number of anilines is 2. The number of furan rings is 1. The molecular weight excluding hydrogens is 621 g/mol. The lowest BCUT2D eigenvalue weighted by Gasteiger charge is -2.30. The Hall–Kier alpha value is -4.31. The highest BCUT2D eigenvalue weighted by atomic mass is 35.5. The fraction of sp³-hybridized carbons (Fsp3) is 0.324. The van der Waals surface area contributed by atoms with E-state index in [1.165, 1.54) is 18.5 Å². The van der Waals surface area contributed by atoms with Crippen molar-refractivity contribution in [1.82, 2.24) is 9.97 Å². The zero-order chi connectivity index (χ0) is 32.6. The second-order valence-electron chi connectivity index (χ2n) is 11.8. The first-order chi connectivity index (χ1) is 22.9. The molecule has 1 aliphatic carbocycles. The maximum Gasteiger partial charge on any atom is 0.141 e. The number of aliphatic hydroxyl groups excluding tert-OH is 1. The lowest BCUT2D eigenvalue weighted by Crippen LogP contribution is -2.37. The molecule has 2 aromatic heterocycles. The van der Waals surface area contributed by atoms with Gasteiger partial charge in [-0.2, -0.15) is 0 Å². The summed E-state index contributed by atoms with van der Waals surface area (Å²) in [5.74, 6) is 2.33. The number of hydrogen-bond donors (Lipinski definition) is 2. The van der Waals surface area contributed by atoms with E-state index in [1.54, 1.807) is 24.3 Å². The van der Waals surface area contributed by atoms with Crippen molar-refractivity contribution in [1.29, 1.82) is 0 Å². The van der Waals surface area contributed by atoms with Gasteiger partial charge in [-0.25, -0.2) is 14.4 Å². The van der Waals surface area contributed by atoms with Crippen LogP contribution in [0, 0.1) is 11.7 Å². The van der Waals surface area contributed by atoms with E-state index in [0.29, 0.717) is 47.5 Å². The minimum atomic E-state index is -0.416. The largest absolute Gasteiger partial charge is 0.487 e. The Bertz CT molecular complexity index is 1830. The van der Waals surface area contributed by atoms with Crippen LogP contribution in [0.5, 0.6) is 5.75 Å². The molecule has 5 aromatic rings. The maximum absolute atomic E-state index is 13.5. The van der Waals surface area contributed by atoms with E-state index in [-0.39, 0.29) is 24.1 Å². The Morgan fingerprint density at radius 1 is 0.979 bits per heavy atom. The zero-order valence-corrected chi connectivity index (χ0v) is 26.7. The van der Waals surface area contributed by atoms with Crippen LogP contribution >= 0.6 is 11.6 Å². The normalized spacial score (nSPS) is 15.8. The molecule has 2 N–H and O–H groups in total. The number of ether oxygens (including phenoxy) is 2. The van der Waals surface area contributed by atoms with E-state index in [4.69, 9.17) is 25.5 Å². The van der Waals surface area contributed by atoms with Crippen molar-refractivity contribution in [2.45, 2.75) is 64.3 Å². The summed E-state index contributed by atoms with van der Waals surface area (Å²) >= 11 is 6.51. The average molecular weight is 658 g/mol. The highest BCUT2D eigenvalue weighted by Crippen LogP contribution is 2.33. The predicted octanol–water partition coefficient (Wildman–Crippen LogP) is 8.81. The first-order valence-corrected chi connectivity index (χ1v) is 16.4. The summed E-state index contributed by atoms with van der Waals surface area (Å²) in [6.45, 7) is 1.20. The average Bonchev–Trinajstić information content (AvgIpc) is 3.54. The van der Waals surface area contributed by atoms with Gasteiger partial charge in [0.1, 0.15) is 54.2 Å². The molecule has 2 atom stereocenters. The smallest absolute Gasteiger partial charge is 0.141 e. The minimum Gasteiger partial charge on any atom is -0.487 e. The number of halogens is 2. The monoisotopic (exact) mass is 657 g/mol. The molecule has 0 saturated heterocycles. The van der Waals surface area contributed by atoms with Crippen molar-refractivity contribution < 1.29 is 28.2 Å². The van der Waals surface area contributed by atoms with Crippen molar-refractivity contribution in [3.05, 3.63) is 101 Å². The lowest BCUT2D eigenvalue weighted by molar-refractivity contribution is -0.131. The Morgan fingerprint density at radius 3 is 2.68 bits per heavy atom. The van der Waals surface area contributed by atoms with Crippen molar-refractivity contribution in [2.75, 3.05) is 11.9 Å². The van der Waals surface area contributed by atoms with E-state index in [2.05, 4.69) is 15.3 Å². The van der Waals surface area contributed by atoms with Crippen LogP contribution in [0.15, 0.2) is 83.5 Å². The fourth-order valence-corrected chi connectivity index (χ4v) is 5.85. The van der Waals surface area contributed by atoms with Gasteiger partial charge < -0.3 is 24.3 Å². The number of Topliss-reactive ketones (excluding diaryl/α,β-unsaturated/α-hetero) is 1. The molecule has 0 amide bonds. The van der Waals surface area contributed by atoms with Crippen LogP contribution in [-0.2, 0) is 22.7 Å². The standard InChI is InChI=1S/C37H37ClFN3O5/c38-31-20-27(10-15-36(31)46-21-24-6-5-7-26(39)18-24)42-37-30-19-25(9-13-32(30)40-23-41-37)35-16-11-28(47-35)22-45-17-4-2-1-3-8-33(43)29-12-14-34(29)44/h5-7,9-11,13,15-16,18-20,23,29,34,44H,1-4,8,12,14,17,21-22H2,(H,40,41,42). The summed E-state index contributed by atoms with van der Waals surface area (Å²) in [6, 6.07) is 21.3. The summed E-state index contributed by atoms with van der Waals surface area (Å²) in [7, 11) is 0.